The summed E-state index contributed by atoms with van der Waals surface area (Å²) in [5.74, 6) is 0.106. The summed E-state index contributed by atoms with van der Waals surface area (Å²) in [5, 5.41) is 1.89. The largest absolute Gasteiger partial charge is 0.366 e. The SMILES string of the molecule is NC(=O)C=Cc1cccc(-c2cnc3[nH]cc(-c4cn(CC5CC5)c(=O)c5[nH]ccc45)c3c2)c1. The van der Waals surface area contributed by atoms with Gasteiger partial charge in [-0.15, -0.1) is 0 Å². The number of nitrogens with two attached hydrogens (primary N) is 1. The van der Waals surface area contributed by atoms with Gasteiger partial charge in [0.05, 0.1) is 0 Å². The number of nitrogens with one attached hydrogen (secondary N) is 2. The second-order valence-electron chi connectivity index (χ2n) is 8.89. The van der Waals surface area contributed by atoms with Crippen molar-refractivity contribution in [3.05, 3.63) is 83.2 Å². The Bertz CT molecular complexity index is 1650. The van der Waals surface area contributed by atoms with Crippen LogP contribution in [-0.4, -0.2) is 25.4 Å². The van der Waals surface area contributed by atoms with Crippen LogP contribution >= 0.6 is 0 Å². The van der Waals surface area contributed by atoms with Crippen molar-refractivity contribution in [1.29, 1.82) is 0 Å². The Labute approximate surface area is 194 Å². The molecule has 4 aromatic heterocycles. The maximum absolute atomic E-state index is 13.0. The van der Waals surface area contributed by atoms with Crippen molar-refractivity contribution in [2.45, 2.75) is 19.4 Å². The van der Waals surface area contributed by atoms with E-state index in [4.69, 9.17) is 5.73 Å². The van der Waals surface area contributed by atoms with Gasteiger partial charge in [0, 0.05) is 64.9 Å². The van der Waals surface area contributed by atoms with Gasteiger partial charge in [-0.05, 0) is 54.2 Å². The highest BCUT2D eigenvalue weighted by molar-refractivity contribution is 6.04. The molecule has 0 aliphatic heterocycles. The Morgan fingerprint density at radius 2 is 2.00 bits per heavy atom. The standard InChI is InChI=1S/C27H23N5O2/c28-24(33)7-6-16-2-1-3-18(10-16)19-11-21-22(13-31-26(21)30-12-19)23-15-32(14-17-4-5-17)27(34)25-20(23)8-9-29-25/h1-3,6-13,15,17,29H,4-5,14H2,(H2,28,33)(H,30,31). The van der Waals surface area contributed by atoms with Crippen molar-refractivity contribution in [2.24, 2.45) is 11.7 Å². The van der Waals surface area contributed by atoms with Crippen LogP contribution in [0.15, 0.2) is 72.1 Å². The van der Waals surface area contributed by atoms with Crippen molar-refractivity contribution in [1.82, 2.24) is 19.5 Å². The molecule has 1 aliphatic rings. The first-order chi connectivity index (χ1) is 16.6. The third-order valence-corrected chi connectivity index (χ3v) is 6.43. The van der Waals surface area contributed by atoms with Crippen LogP contribution in [0.25, 0.3) is 50.3 Å². The monoisotopic (exact) mass is 449 g/mol. The van der Waals surface area contributed by atoms with E-state index >= 15 is 0 Å². The van der Waals surface area contributed by atoms with Gasteiger partial charge >= 0.3 is 0 Å². The number of primary amides is 1. The van der Waals surface area contributed by atoms with Crippen molar-refractivity contribution in [3.63, 3.8) is 0 Å². The fourth-order valence-electron chi connectivity index (χ4n) is 4.51. The first-order valence-corrected chi connectivity index (χ1v) is 11.3. The van der Waals surface area contributed by atoms with E-state index in [1.54, 1.807) is 6.08 Å². The number of aromatic nitrogens is 4. The zero-order valence-corrected chi connectivity index (χ0v) is 18.4. The van der Waals surface area contributed by atoms with Crippen LogP contribution in [0.5, 0.6) is 0 Å². The lowest BCUT2D eigenvalue weighted by atomic mass is 10.00. The Balaban J connectivity index is 1.48. The number of benzene rings is 1. The molecule has 4 heterocycles. The number of carbonyl (C=O) groups is 1. The maximum Gasteiger partial charge on any atom is 0.274 e. The highest BCUT2D eigenvalue weighted by Crippen LogP contribution is 2.35. The summed E-state index contributed by atoms with van der Waals surface area (Å²) in [6, 6.07) is 11.9. The van der Waals surface area contributed by atoms with Gasteiger partial charge in [0.1, 0.15) is 11.2 Å². The van der Waals surface area contributed by atoms with Gasteiger partial charge < -0.3 is 20.3 Å². The van der Waals surface area contributed by atoms with Crippen LogP contribution in [-0.2, 0) is 11.3 Å². The molecule has 1 amide bonds. The van der Waals surface area contributed by atoms with Gasteiger partial charge in [-0.1, -0.05) is 18.2 Å². The Kier molecular flexibility index (Phi) is 4.69. The maximum atomic E-state index is 13.0. The van der Waals surface area contributed by atoms with Crippen molar-refractivity contribution >= 4 is 33.9 Å². The molecule has 5 aromatic rings. The molecule has 0 atom stereocenters. The molecule has 7 heteroatoms. The van der Waals surface area contributed by atoms with Crippen LogP contribution in [0.3, 0.4) is 0 Å². The van der Waals surface area contributed by atoms with E-state index in [1.807, 2.05) is 59.7 Å². The predicted molar refractivity (Wildman–Crippen MR) is 134 cm³/mol. The highest BCUT2D eigenvalue weighted by Gasteiger charge is 2.24. The average Bonchev–Trinajstić information content (AvgIpc) is 3.35. The molecule has 168 valence electrons. The second-order valence-corrected chi connectivity index (χ2v) is 8.89. The number of aromatic amines is 2. The normalized spacial score (nSPS) is 13.9. The van der Waals surface area contributed by atoms with E-state index in [0.29, 0.717) is 11.4 Å². The Morgan fingerprint density at radius 3 is 2.82 bits per heavy atom. The lowest BCUT2D eigenvalue weighted by molar-refractivity contribution is -0.113. The molecule has 0 spiro atoms. The Hall–Kier alpha value is -4.39. The number of rotatable bonds is 6. The molecule has 0 saturated heterocycles. The zero-order valence-electron chi connectivity index (χ0n) is 18.4. The second kappa shape index (κ2) is 7.88. The number of hydrogen-bond acceptors (Lipinski definition) is 3. The first-order valence-electron chi connectivity index (χ1n) is 11.3. The zero-order chi connectivity index (χ0) is 23.2. The molecule has 4 N–H and O–H groups in total. The van der Waals surface area contributed by atoms with Crippen molar-refractivity contribution in [3.8, 4) is 22.3 Å². The summed E-state index contributed by atoms with van der Waals surface area (Å²) in [5.41, 5.74) is 11.5. The molecule has 34 heavy (non-hydrogen) atoms. The van der Waals surface area contributed by atoms with Gasteiger partial charge in [0.25, 0.3) is 5.56 Å². The minimum absolute atomic E-state index is 0.0233. The minimum Gasteiger partial charge on any atom is -0.366 e. The predicted octanol–water partition coefficient (Wildman–Crippen LogP) is 4.45. The van der Waals surface area contributed by atoms with Gasteiger partial charge in [0.15, 0.2) is 0 Å². The van der Waals surface area contributed by atoms with Crippen LogP contribution < -0.4 is 11.3 Å². The van der Waals surface area contributed by atoms with Crippen LogP contribution in [0, 0.1) is 5.92 Å². The average molecular weight is 450 g/mol. The lowest BCUT2D eigenvalue weighted by Crippen LogP contribution is -2.21. The molecule has 0 radical (unpaired) electrons. The summed E-state index contributed by atoms with van der Waals surface area (Å²) in [4.78, 5) is 35.1. The number of fused-ring (bicyclic) bond motifs is 2. The smallest absolute Gasteiger partial charge is 0.274 e. The summed E-state index contributed by atoms with van der Waals surface area (Å²) in [7, 11) is 0. The molecule has 1 aliphatic carbocycles. The third kappa shape index (κ3) is 3.61. The van der Waals surface area contributed by atoms with E-state index in [9.17, 15) is 9.59 Å². The Morgan fingerprint density at radius 1 is 1.12 bits per heavy atom. The summed E-state index contributed by atoms with van der Waals surface area (Å²) in [6.07, 6.45) is 13.0. The molecule has 1 fully saturated rings. The lowest BCUT2D eigenvalue weighted by Gasteiger charge is -2.10. The molecule has 7 nitrogen and oxygen atoms in total. The molecule has 0 bridgehead atoms. The number of carbonyl (C=O) groups excluding carboxylic acids is 1. The molecule has 1 saturated carbocycles. The number of amides is 1. The van der Waals surface area contributed by atoms with Gasteiger partial charge in [-0.25, -0.2) is 4.98 Å². The molecule has 6 rings (SSSR count). The topological polar surface area (TPSA) is 110 Å². The number of pyridine rings is 2. The molecule has 0 unspecified atom stereocenters. The summed E-state index contributed by atoms with van der Waals surface area (Å²) < 4.78 is 1.84. The molecular formula is C27H23N5O2. The summed E-state index contributed by atoms with van der Waals surface area (Å²) >= 11 is 0. The third-order valence-electron chi connectivity index (χ3n) is 6.43. The van der Waals surface area contributed by atoms with E-state index in [-0.39, 0.29) is 5.56 Å². The number of hydrogen-bond donors (Lipinski definition) is 3. The van der Waals surface area contributed by atoms with Gasteiger partial charge in [-0.2, -0.15) is 0 Å². The van der Waals surface area contributed by atoms with Crippen LogP contribution in [0.2, 0.25) is 0 Å². The number of H-pyrrole nitrogens is 2. The minimum atomic E-state index is -0.482. The van der Waals surface area contributed by atoms with Crippen molar-refractivity contribution < 1.29 is 4.79 Å². The van der Waals surface area contributed by atoms with E-state index in [1.165, 1.54) is 18.9 Å². The summed E-state index contributed by atoms with van der Waals surface area (Å²) in [6.45, 7) is 0.748. The van der Waals surface area contributed by atoms with E-state index in [0.717, 1.165) is 50.8 Å². The fraction of sp³-hybridized carbons (Fsp3) is 0.148. The van der Waals surface area contributed by atoms with Crippen LogP contribution in [0.1, 0.15) is 18.4 Å². The number of nitrogens with zero attached hydrogens (tertiary/aromatic N) is 2. The van der Waals surface area contributed by atoms with E-state index in [2.05, 4.69) is 21.0 Å². The first kappa shape index (κ1) is 20.2. The van der Waals surface area contributed by atoms with Gasteiger partial charge in [-0.3, -0.25) is 9.59 Å². The fourth-order valence-corrected chi connectivity index (χ4v) is 4.51. The molecular weight excluding hydrogens is 426 g/mol. The van der Waals surface area contributed by atoms with E-state index < -0.39 is 5.91 Å². The highest BCUT2D eigenvalue weighted by atomic mass is 16.1. The van der Waals surface area contributed by atoms with Crippen molar-refractivity contribution in [2.75, 3.05) is 0 Å². The molecule has 1 aromatic carbocycles. The quantitative estimate of drug-likeness (QED) is 0.333. The van der Waals surface area contributed by atoms with Gasteiger partial charge in [0.2, 0.25) is 5.91 Å². The van der Waals surface area contributed by atoms with Crippen LogP contribution in [0.4, 0.5) is 0 Å².